The first-order chi connectivity index (χ1) is 7.75. The van der Waals surface area contributed by atoms with Crippen LogP contribution in [0.25, 0.3) is 0 Å². The lowest BCUT2D eigenvalue weighted by Gasteiger charge is -2.10. The molecule has 0 bridgehead atoms. The van der Waals surface area contributed by atoms with Crippen LogP contribution >= 0.6 is 27.5 Å². The average molecular weight is 297 g/mol. The Morgan fingerprint density at radius 3 is 2.62 bits per heavy atom. The molecule has 1 heterocycles. The molecule has 1 unspecified atom stereocenters. The fourth-order valence-corrected chi connectivity index (χ4v) is 2.28. The van der Waals surface area contributed by atoms with Crippen molar-refractivity contribution in [3.05, 3.63) is 64.4 Å². The first kappa shape index (κ1) is 11.6. The van der Waals surface area contributed by atoms with Crippen LogP contribution in [-0.4, -0.2) is 4.98 Å². The number of hydrogen-bond donors (Lipinski definition) is 0. The van der Waals surface area contributed by atoms with Gasteiger partial charge in [0.2, 0.25) is 0 Å². The van der Waals surface area contributed by atoms with Gasteiger partial charge in [0.15, 0.2) is 0 Å². The Kier molecular flexibility index (Phi) is 3.97. The summed E-state index contributed by atoms with van der Waals surface area (Å²) >= 11 is 9.82. The zero-order chi connectivity index (χ0) is 11.4. The summed E-state index contributed by atoms with van der Waals surface area (Å²) < 4.78 is 1.06. The van der Waals surface area contributed by atoms with Gasteiger partial charge < -0.3 is 0 Å². The van der Waals surface area contributed by atoms with Crippen LogP contribution < -0.4 is 0 Å². The molecule has 0 amide bonds. The van der Waals surface area contributed by atoms with E-state index in [1.54, 1.807) is 12.4 Å². The van der Waals surface area contributed by atoms with E-state index in [1.165, 1.54) is 5.56 Å². The maximum Gasteiger partial charge on any atom is 0.0625 e. The molecule has 0 saturated heterocycles. The second kappa shape index (κ2) is 5.46. The smallest absolute Gasteiger partial charge is 0.0625 e. The van der Waals surface area contributed by atoms with Crippen LogP contribution in [0.5, 0.6) is 0 Å². The highest BCUT2D eigenvalue weighted by Gasteiger charge is 2.08. The van der Waals surface area contributed by atoms with Crippen molar-refractivity contribution in [1.29, 1.82) is 0 Å². The molecule has 0 aliphatic carbocycles. The Balaban J connectivity index is 2.12. The summed E-state index contributed by atoms with van der Waals surface area (Å²) in [4.78, 5) is 3.99. The van der Waals surface area contributed by atoms with E-state index in [1.807, 2.05) is 30.3 Å². The predicted molar refractivity (Wildman–Crippen MR) is 70.7 cm³/mol. The molecule has 0 fully saturated rings. The normalized spacial score (nSPS) is 12.4. The SMILES string of the molecule is ClC(Cc1ccncc1)c1cccc(Br)c1. The Bertz CT molecular complexity index is 458. The zero-order valence-corrected chi connectivity index (χ0v) is 10.9. The highest BCUT2D eigenvalue weighted by Crippen LogP contribution is 2.26. The van der Waals surface area contributed by atoms with Gasteiger partial charge in [0.05, 0.1) is 5.38 Å². The third-order valence-corrected chi connectivity index (χ3v) is 3.27. The topological polar surface area (TPSA) is 12.9 Å². The standard InChI is InChI=1S/C13H11BrClN/c14-12-3-1-2-11(9-12)13(15)8-10-4-6-16-7-5-10/h1-7,9,13H,8H2. The lowest BCUT2D eigenvalue weighted by molar-refractivity contribution is 0.915. The van der Waals surface area contributed by atoms with E-state index < -0.39 is 0 Å². The van der Waals surface area contributed by atoms with E-state index in [0.717, 1.165) is 16.5 Å². The van der Waals surface area contributed by atoms with E-state index in [-0.39, 0.29) is 5.38 Å². The molecule has 16 heavy (non-hydrogen) atoms. The molecular formula is C13H11BrClN. The zero-order valence-electron chi connectivity index (χ0n) is 8.61. The van der Waals surface area contributed by atoms with Crippen molar-refractivity contribution in [3.8, 4) is 0 Å². The van der Waals surface area contributed by atoms with Crippen molar-refractivity contribution in [3.63, 3.8) is 0 Å². The van der Waals surface area contributed by atoms with Gasteiger partial charge in [0, 0.05) is 16.9 Å². The molecule has 0 radical (unpaired) electrons. The van der Waals surface area contributed by atoms with Crippen LogP contribution in [0.4, 0.5) is 0 Å². The van der Waals surface area contributed by atoms with Crippen molar-refractivity contribution in [1.82, 2.24) is 4.98 Å². The van der Waals surface area contributed by atoms with E-state index in [4.69, 9.17) is 11.6 Å². The molecule has 1 nitrogen and oxygen atoms in total. The van der Waals surface area contributed by atoms with Crippen LogP contribution in [0.15, 0.2) is 53.3 Å². The van der Waals surface area contributed by atoms with Gasteiger partial charge in [-0.25, -0.2) is 0 Å². The molecular weight excluding hydrogens is 286 g/mol. The third kappa shape index (κ3) is 3.06. The second-order valence-corrected chi connectivity index (χ2v) is 5.02. The van der Waals surface area contributed by atoms with Gasteiger partial charge in [-0.05, 0) is 41.8 Å². The molecule has 0 spiro atoms. The minimum atomic E-state index is -0.0000926. The Morgan fingerprint density at radius 2 is 1.94 bits per heavy atom. The van der Waals surface area contributed by atoms with Crippen LogP contribution in [-0.2, 0) is 6.42 Å². The number of benzene rings is 1. The molecule has 0 aliphatic rings. The van der Waals surface area contributed by atoms with E-state index in [9.17, 15) is 0 Å². The van der Waals surface area contributed by atoms with Crippen LogP contribution in [0, 0.1) is 0 Å². The maximum absolute atomic E-state index is 6.37. The number of alkyl halides is 1. The highest BCUT2D eigenvalue weighted by molar-refractivity contribution is 9.10. The van der Waals surface area contributed by atoms with Gasteiger partial charge in [0.1, 0.15) is 0 Å². The lowest BCUT2D eigenvalue weighted by atomic mass is 10.1. The molecule has 0 N–H and O–H groups in total. The fourth-order valence-electron chi connectivity index (χ4n) is 1.55. The largest absolute Gasteiger partial charge is 0.265 e. The van der Waals surface area contributed by atoms with Crippen molar-refractivity contribution >= 4 is 27.5 Å². The molecule has 2 rings (SSSR count). The van der Waals surface area contributed by atoms with Crippen molar-refractivity contribution < 1.29 is 0 Å². The van der Waals surface area contributed by atoms with Gasteiger partial charge in [-0.15, -0.1) is 11.6 Å². The molecule has 1 atom stereocenters. The second-order valence-electron chi connectivity index (χ2n) is 3.58. The summed E-state index contributed by atoms with van der Waals surface area (Å²) in [5.74, 6) is 0. The van der Waals surface area contributed by atoms with Crippen LogP contribution in [0.2, 0.25) is 0 Å². The predicted octanol–water partition coefficient (Wildman–Crippen LogP) is 4.37. The Hall–Kier alpha value is -0.860. The number of halogens is 2. The molecule has 1 aromatic heterocycles. The molecule has 3 heteroatoms. The molecule has 1 aromatic carbocycles. The summed E-state index contributed by atoms with van der Waals surface area (Å²) in [6.45, 7) is 0. The van der Waals surface area contributed by atoms with Gasteiger partial charge >= 0.3 is 0 Å². The van der Waals surface area contributed by atoms with Crippen LogP contribution in [0.3, 0.4) is 0 Å². The number of pyridine rings is 1. The first-order valence-corrected chi connectivity index (χ1v) is 6.27. The molecule has 0 aliphatic heterocycles. The van der Waals surface area contributed by atoms with Gasteiger partial charge in [-0.1, -0.05) is 28.1 Å². The lowest BCUT2D eigenvalue weighted by Crippen LogP contribution is -1.95. The van der Waals surface area contributed by atoms with Crippen molar-refractivity contribution in [2.45, 2.75) is 11.8 Å². The molecule has 0 saturated carbocycles. The fraction of sp³-hybridized carbons (Fsp3) is 0.154. The van der Waals surface area contributed by atoms with Crippen molar-refractivity contribution in [2.75, 3.05) is 0 Å². The quantitative estimate of drug-likeness (QED) is 0.767. The Morgan fingerprint density at radius 1 is 1.19 bits per heavy atom. The third-order valence-electron chi connectivity index (χ3n) is 2.37. The summed E-state index contributed by atoms with van der Waals surface area (Å²) in [7, 11) is 0. The first-order valence-electron chi connectivity index (χ1n) is 5.04. The maximum atomic E-state index is 6.37. The number of rotatable bonds is 3. The van der Waals surface area contributed by atoms with E-state index in [2.05, 4.69) is 27.0 Å². The minimum absolute atomic E-state index is 0.0000926. The summed E-state index contributed by atoms with van der Waals surface area (Å²) in [5.41, 5.74) is 2.34. The average Bonchev–Trinajstić information content (AvgIpc) is 2.30. The number of hydrogen-bond acceptors (Lipinski definition) is 1. The summed E-state index contributed by atoms with van der Waals surface area (Å²) in [6.07, 6.45) is 4.40. The molecule has 2 aromatic rings. The van der Waals surface area contributed by atoms with Crippen LogP contribution in [0.1, 0.15) is 16.5 Å². The highest BCUT2D eigenvalue weighted by atomic mass is 79.9. The number of nitrogens with zero attached hydrogens (tertiary/aromatic N) is 1. The van der Waals surface area contributed by atoms with Gasteiger partial charge in [-0.2, -0.15) is 0 Å². The minimum Gasteiger partial charge on any atom is -0.265 e. The molecule has 82 valence electrons. The summed E-state index contributed by atoms with van der Waals surface area (Å²) in [6, 6.07) is 12.1. The van der Waals surface area contributed by atoms with Gasteiger partial charge in [0.25, 0.3) is 0 Å². The van der Waals surface area contributed by atoms with E-state index in [0.29, 0.717) is 0 Å². The monoisotopic (exact) mass is 295 g/mol. The van der Waals surface area contributed by atoms with E-state index >= 15 is 0 Å². The number of aromatic nitrogens is 1. The van der Waals surface area contributed by atoms with Crippen molar-refractivity contribution in [2.24, 2.45) is 0 Å². The Labute approximate surface area is 109 Å². The summed E-state index contributed by atoms with van der Waals surface area (Å²) in [5, 5.41) is -0.0000926. The van der Waals surface area contributed by atoms with Gasteiger partial charge in [-0.3, -0.25) is 4.98 Å².